The van der Waals surface area contributed by atoms with Crippen LogP contribution in [0.15, 0.2) is 48.1 Å². The summed E-state index contributed by atoms with van der Waals surface area (Å²) in [4.78, 5) is 17.7. The van der Waals surface area contributed by atoms with E-state index in [-0.39, 0.29) is 5.91 Å². The predicted octanol–water partition coefficient (Wildman–Crippen LogP) is 2.66. The zero-order valence-corrected chi connectivity index (χ0v) is 10.5. The average molecular weight is 281 g/mol. The summed E-state index contributed by atoms with van der Waals surface area (Å²) in [5.41, 5.74) is 0.423. The maximum absolute atomic E-state index is 12.0. The second kappa shape index (κ2) is 6.23. The molecule has 0 aliphatic heterocycles. The molecule has 4 heteroatoms. The van der Waals surface area contributed by atoms with Gasteiger partial charge in [0.2, 0.25) is 0 Å². The SMILES string of the molecule is C=CCN(CC=C)C(=O)c1ccc(Br)cn1. The monoisotopic (exact) mass is 280 g/mol. The number of pyridine rings is 1. The van der Waals surface area contributed by atoms with E-state index in [1.807, 2.05) is 0 Å². The Morgan fingerprint density at radius 1 is 1.38 bits per heavy atom. The van der Waals surface area contributed by atoms with Crippen LogP contribution in [0.25, 0.3) is 0 Å². The number of hydrogen-bond donors (Lipinski definition) is 0. The van der Waals surface area contributed by atoms with Crippen molar-refractivity contribution in [1.29, 1.82) is 0 Å². The summed E-state index contributed by atoms with van der Waals surface area (Å²) in [6.45, 7) is 8.21. The van der Waals surface area contributed by atoms with Gasteiger partial charge in [0.1, 0.15) is 5.69 Å². The van der Waals surface area contributed by atoms with Crippen molar-refractivity contribution in [2.24, 2.45) is 0 Å². The molecule has 0 saturated carbocycles. The number of aromatic nitrogens is 1. The van der Waals surface area contributed by atoms with E-state index >= 15 is 0 Å². The van der Waals surface area contributed by atoms with Gasteiger partial charge in [0.15, 0.2) is 0 Å². The molecule has 1 aromatic heterocycles. The molecule has 0 saturated heterocycles. The third-order valence-electron chi connectivity index (χ3n) is 1.93. The zero-order chi connectivity index (χ0) is 12.0. The molecule has 0 radical (unpaired) electrons. The van der Waals surface area contributed by atoms with Crippen molar-refractivity contribution in [3.05, 3.63) is 53.8 Å². The Morgan fingerprint density at radius 3 is 2.44 bits per heavy atom. The van der Waals surface area contributed by atoms with E-state index < -0.39 is 0 Å². The highest BCUT2D eigenvalue weighted by atomic mass is 79.9. The van der Waals surface area contributed by atoms with Gasteiger partial charge in [-0.2, -0.15) is 0 Å². The third kappa shape index (κ3) is 3.31. The first-order valence-corrected chi connectivity index (χ1v) is 5.61. The maximum atomic E-state index is 12.0. The smallest absolute Gasteiger partial charge is 0.273 e. The summed E-state index contributed by atoms with van der Waals surface area (Å²) < 4.78 is 0.850. The number of nitrogens with zero attached hydrogens (tertiary/aromatic N) is 2. The lowest BCUT2D eigenvalue weighted by Gasteiger charge is -2.18. The van der Waals surface area contributed by atoms with Crippen molar-refractivity contribution in [3.8, 4) is 0 Å². The number of carbonyl (C=O) groups excluding carboxylic acids is 1. The minimum atomic E-state index is -0.118. The topological polar surface area (TPSA) is 33.2 Å². The van der Waals surface area contributed by atoms with Crippen LogP contribution < -0.4 is 0 Å². The van der Waals surface area contributed by atoms with Gasteiger partial charge in [-0.15, -0.1) is 13.2 Å². The third-order valence-corrected chi connectivity index (χ3v) is 2.40. The second-order valence-electron chi connectivity index (χ2n) is 3.15. The Kier molecular flexibility index (Phi) is 4.92. The summed E-state index contributed by atoms with van der Waals surface area (Å²) in [5, 5.41) is 0. The first kappa shape index (κ1) is 12.6. The van der Waals surface area contributed by atoms with Crippen molar-refractivity contribution in [1.82, 2.24) is 9.88 Å². The van der Waals surface area contributed by atoms with E-state index in [1.165, 1.54) is 0 Å². The average Bonchev–Trinajstić information content (AvgIpc) is 2.29. The van der Waals surface area contributed by atoms with E-state index in [2.05, 4.69) is 34.1 Å². The summed E-state index contributed by atoms with van der Waals surface area (Å²) in [7, 11) is 0. The molecule has 0 spiro atoms. The number of carbonyl (C=O) groups is 1. The summed E-state index contributed by atoms with van der Waals surface area (Å²) in [5.74, 6) is -0.118. The molecule has 0 aromatic carbocycles. The first-order chi connectivity index (χ1) is 7.69. The molecule has 0 unspecified atom stereocenters. The molecule has 1 heterocycles. The zero-order valence-electron chi connectivity index (χ0n) is 8.90. The Hall–Kier alpha value is -1.42. The molecule has 0 fully saturated rings. The minimum Gasteiger partial charge on any atom is -0.330 e. The molecule has 0 N–H and O–H groups in total. The van der Waals surface area contributed by atoms with Crippen LogP contribution in [-0.2, 0) is 0 Å². The minimum absolute atomic E-state index is 0.118. The predicted molar refractivity (Wildman–Crippen MR) is 68.2 cm³/mol. The van der Waals surface area contributed by atoms with Gasteiger partial charge in [0, 0.05) is 23.8 Å². The Balaban J connectivity index is 2.84. The van der Waals surface area contributed by atoms with E-state index in [0.717, 1.165) is 4.47 Å². The van der Waals surface area contributed by atoms with Crippen LogP contribution >= 0.6 is 15.9 Å². The molecule has 1 rings (SSSR count). The molecule has 0 atom stereocenters. The first-order valence-electron chi connectivity index (χ1n) is 4.81. The molecule has 3 nitrogen and oxygen atoms in total. The largest absolute Gasteiger partial charge is 0.330 e. The van der Waals surface area contributed by atoms with Crippen molar-refractivity contribution >= 4 is 21.8 Å². The maximum Gasteiger partial charge on any atom is 0.273 e. The Labute approximate surface area is 104 Å². The van der Waals surface area contributed by atoms with Gasteiger partial charge in [-0.25, -0.2) is 4.98 Å². The highest BCUT2D eigenvalue weighted by Gasteiger charge is 2.13. The number of amides is 1. The highest BCUT2D eigenvalue weighted by Crippen LogP contribution is 2.09. The molecule has 0 aliphatic rings. The molecular formula is C12H13BrN2O. The quantitative estimate of drug-likeness (QED) is 0.777. The lowest BCUT2D eigenvalue weighted by molar-refractivity contribution is 0.0785. The molecule has 1 aromatic rings. The fourth-order valence-corrected chi connectivity index (χ4v) is 1.45. The summed E-state index contributed by atoms with van der Waals surface area (Å²) in [6.07, 6.45) is 4.97. The lowest BCUT2D eigenvalue weighted by Crippen LogP contribution is -2.31. The van der Waals surface area contributed by atoms with Crippen LogP contribution in [0.2, 0.25) is 0 Å². The van der Waals surface area contributed by atoms with E-state index in [0.29, 0.717) is 18.8 Å². The highest BCUT2D eigenvalue weighted by molar-refractivity contribution is 9.10. The van der Waals surface area contributed by atoms with Gasteiger partial charge < -0.3 is 4.90 Å². The van der Waals surface area contributed by atoms with Gasteiger partial charge >= 0.3 is 0 Å². The van der Waals surface area contributed by atoms with Crippen LogP contribution in [0.5, 0.6) is 0 Å². The number of halogens is 1. The molecule has 0 bridgehead atoms. The van der Waals surface area contributed by atoms with Gasteiger partial charge in [0.05, 0.1) is 0 Å². The normalized spacial score (nSPS) is 9.56. The fraction of sp³-hybridized carbons (Fsp3) is 0.167. The van der Waals surface area contributed by atoms with Gasteiger partial charge in [-0.3, -0.25) is 4.79 Å². The molecule has 1 amide bonds. The summed E-state index contributed by atoms with van der Waals surface area (Å²) in [6, 6.07) is 3.48. The van der Waals surface area contributed by atoms with Crippen molar-refractivity contribution in [2.75, 3.05) is 13.1 Å². The standard InChI is InChI=1S/C12H13BrN2O/c1-3-7-15(8-4-2)12(16)11-6-5-10(13)9-14-11/h3-6,9H,1-2,7-8H2. The van der Waals surface area contributed by atoms with Crippen LogP contribution in [0.3, 0.4) is 0 Å². The summed E-state index contributed by atoms with van der Waals surface area (Å²) >= 11 is 3.27. The van der Waals surface area contributed by atoms with Crippen LogP contribution in [0, 0.1) is 0 Å². The Morgan fingerprint density at radius 2 is 2.00 bits per heavy atom. The van der Waals surface area contributed by atoms with Crippen LogP contribution in [-0.4, -0.2) is 28.9 Å². The molecule has 16 heavy (non-hydrogen) atoms. The van der Waals surface area contributed by atoms with Crippen LogP contribution in [0.4, 0.5) is 0 Å². The molecular weight excluding hydrogens is 268 g/mol. The lowest BCUT2D eigenvalue weighted by atomic mass is 10.3. The number of hydrogen-bond acceptors (Lipinski definition) is 2. The van der Waals surface area contributed by atoms with Crippen molar-refractivity contribution in [2.45, 2.75) is 0 Å². The number of rotatable bonds is 5. The van der Waals surface area contributed by atoms with Crippen molar-refractivity contribution < 1.29 is 4.79 Å². The van der Waals surface area contributed by atoms with E-state index in [1.54, 1.807) is 35.4 Å². The fourth-order valence-electron chi connectivity index (χ4n) is 1.22. The second-order valence-corrected chi connectivity index (χ2v) is 4.06. The molecule has 84 valence electrons. The van der Waals surface area contributed by atoms with E-state index in [9.17, 15) is 4.79 Å². The molecule has 0 aliphatic carbocycles. The van der Waals surface area contributed by atoms with Gasteiger partial charge in [-0.1, -0.05) is 12.2 Å². The van der Waals surface area contributed by atoms with Crippen LogP contribution in [0.1, 0.15) is 10.5 Å². The van der Waals surface area contributed by atoms with E-state index in [4.69, 9.17) is 0 Å². The van der Waals surface area contributed by atoms with Gasteiger partial charge in [-0.05, 0) is 28.1 Å². The van der Waals surface area contributed by atoms with Crippen molar-refractivity contribution in [3.63, 3.8) is 0 Å². The van der Waals surface area contributed by atoms with Gasteiger partial charge in [0.25, 0.3) is 5.91 Å². The Bertz CT molecular complexity index is 377.